The maximum absolute atomic E-state index is 12.0. The first-order valence-corrected chi connectivity index (χ1v) is 7.93. The molecule has 1 aliphatic rings. The molecule has 6 nitrogen and oxygen atoms in total. The van der Waals surface area contributed by atoms with Crippen molar-refractivity contribution in [2.24, 2.45) is 0 Å². The molecule has 1 aliphatic heterocycles. The van der Waals surface area contributed by atoms with Crippen molar-refractivity contribution in [2.45, 2.75) is 13.5 Å². The lowest BCUT2D eigenvalue weighted by Gasteiger charge is -2.35. The molecule has 0 aliphatic carbocycles. The number of aryl methyl sites for hydroxylation is 1. The maximum atomic E-state index is 12.0. The Morgan fingerprint density at radius 3 is 2.70 bits per heavy atom. The average Bonchev–Trinajstić information content (AvgIpc) is 3.01. The van der Waals surface area contributed by atoms with Crippen LogP contribution in [0, 0.1) is 6.92 Å². The van der Waals surface area contributed by atoms with Crippen molar-refractivity contribution in [1.29, 1.82) is 0 Å². The van der Waals surface area contributed by atoms with E-state index >= 15 is 0 Å². The number of carbonyl (C=O) groups excluding carboxylic acids is 1. The third kappa shape index (κ3) is 3.90. The molecule has 0 atom stereocenters. The Kier molecular flexibility index (Phi) is 4.62. The molecule has 1 aromatic heterocycles. The van der Waals surface area contributed by atoms with Crippen molar-refractivity contribution < 1.29 is 4.79 Å². The zero-order valence-corrected chi connectivity index (χ0v) is 13.7. The highest BCUT2D eigenvalue weighted by Crippen LogP contribution is 2.24. The molecule has 2 heterocycles. The molecule has 23 heavy (non-hydrogen) atoms. The molecule has 0 unspecified atom stereocenters. The van der Waals surface area contributed by atoms with E-state index in [4.69, 9.17) is 0 Å². The largest absolute Gasteiger partial charge is 0.369 e. The summed E-state index contributed by atoms with van der Waals surface area (Å²) in [5.74, 6) is -0.0690. The van der Waals surface area contributed by atoms with Crippen LogP contribution < -0.4 is 10.2 Å². The molecule has 0 radical (unpaired) electrons. The minimum Gasteiger partial charge on any atom is -0.369 e. The predicted molar refractivity (Wildman–Crippen MR) is 91.7 cm³/mol. The Morgan fingerprint density at radius 1 is 1.26 bits per heavy atom. The minimum atomic E-state index is -0.0690. The maximum Gasteiger partial charge on any atom is 0.246 e. The molecule has 0 saturated carbocycles. The van der Waals surface area contributed by atoms with Crippen LogP contribution in [0.25, 0.3) is 0 Å². The molecule has 1 fully saturated rings. The summed E-state index contributed by atoms with van der Waals surface area (Å²) in [5, 5.41) is 6.97. The van der Waals surface area contributed by atoms with Gasteiger partial charge in [-0.1, -0.05) is 0 Å². The molecular formula is C17H23N5O. The van der Waals surface area contributed by atoms with Gasteiger partial charge in [-0.3, -0.25) is 9.48 Å². The molecule has 3 rings (SSSR count). The highest BCUT2D eigenvalue weighted by Gasteiger charge is 2.16. The SMILES string of the molecule is Cc1cc(NC(=O)Cn2cccn2)ccc1N1CCN(C)CC1. The van der Waals surface area contributed by atoms with Crippen LogP contribution in [0.3, 0.4) is 0 Å². The van der Waals surface area contributed by atoms with Crippen molar-refractivity contribution in [1.82, 2.24) is 14.7 Å². The predicted octanol–water partition coefficient (Wildman–Crippen LogP) is 1.58. The van der Waals surface area contributed by atoms with Gasteiger partial charge in [0.25, 0.3) is 0 Å². The molecule has 122 valence electrons. The van der Waals surface area contributed by atoms with Crippen molar-refractivity contribution in [3.63, 3.8) is 0 Å². The second kappa shape index (κ2) is 6.83. The van der Waals surface area contributed by atoms with Gasteiger partial charge >= 0.3 is 0 Å². The molecule has 6 heteroatoms. The van der Waals surface area contributed by atoms with Crippen LogP contribution in [0.2, 0.25) is 0 Å². The van der Waals surface area contributed by atoms with Gasteiger partial charge in [-0.25, -0.2) is 0 Å². The van der Waals surface area contributed by atoms with E-state index in [0.717, 1.165) is 31.9 Å². The van der Waals surface area contributed by atoms with Crippen LogP contribution in [0.15, 0.2) is 36.7 Å². The summed E-state index contributed by atoms with van der Waals surface area (Å²) in [6.45, 7) is 6.58. The van der Waals surface area contributed by atoms with E-state index in [1.807, 2.05) is 18.2 Å². The van der Waals surface area contributed by atoms with E-state index < -0.39 is 0 Å². The number of rotatable bonds is 4. The highest BCUT2D eigenvalue weighted by atomic mass is 16.2. The van der Waals surface area contributed by atoms with Gasteiger partial charge in [0.05, 0.1) is 0 Å². The summed E-state index contributed by atoms with van der Waals surface area (Å²) in [7, 11) is 2.16. The Morgan fingerprint density at radius 2 is 2.04 bits per heavy atom. The van der Waals surface area contributed by atoms with Crippen LogP contribution in [0.5, 0.6) is 0 Å². The monoisotopic (exact) mass is 313 g/mol. The summed E-state index contributed by atoms with van der Waals surface area (Å²) >= 11 is 0. The van der Waals surface area contributed by atoms with Crippen LogP contribution in [0.1, 0.15) is 5.56 Å². The summed E-state index contributed by atoms with van der Waals surface area (Å²) in [4.78, 5) is 16.8. The zero-order chi connectivity index (χ0) is 16.2. The summed E-state index contributed by atoms with van der Waals surface area (Å²) < 4.78 is 1.61. The lowest BCUT2D eigenvalue weighted by atomic mass is 10.1. The first kappa shape index (κ1) is 15.6. The summed E-state index contributed by atoms with van der Waals surface area (Å²) in [5.41, 5.74) is 3.27. The van der Waals surface area contributed by atoms with E-state index in [1.54, 1.807) is 17.1 Å². The van der Waals surface area contributed by atoms with Gasteiger partial charge < -0.3 is 15.1 Å². The average molecular weight is 313 g/mol. The van der Waals surface area contributed by atoms with E-state index in [1.165, 1.54) is 11.3 Å². The van der Waals surface area contributed by atoms with Gasteiger partial charge in [0.2, 0.25) is 5.91 Å². The number of aromatic nitrogens is 2. The molecule has 1 amide bonds. The fourth-order valence-corrected chi connectivity index (χ4v) is 2.88. The Bertz CT molecular complexity index is 660. The van der Waals surface area contributed by atoms with E-state index in [9.17, 15) is 4.79 Å². The molecule has 1 N–H and O–H groups in total. The highest BCUT2D eigenvalue weighted by molar-refractivity contribution is 5.90. The molecule has 1 saturated heterocycles. The van der Waals surface area contributed by atoms with Gasteiger partial charge in [0.15, 0.2) is 0 Å². The number of hydrogen-bond donors (Lipinski definition) is 1. The number of nitrogens with one attached hydrogen (secondary N) is 1. The minimum absolute atomic E-state index is 0.0690. The Labute approximate surface area is 136 Å². The van der Waals surface area contributed by atoms with E-state index in [0.29, 0.717) is 0 Å². The zero-order valence-electron chi connectivity index (χ0n) is 13.7. The fourth-order valence-electron chi connectivity index (χ4n) is 2.88. The molecule has 1 aromatic carbocycles. The third-order valence-electron chi connectivity index (χ3n) is 4.19. The van der Waals surface area contributed by atoms with Crippen molar-refractivity contribution in [2.75, 3.05) is 43.4 Å². The van der Waals surface area contributed by atoms with Gasteiger partial charge in [-0.2, -0.15) is 5.10 Å². The number of likely N-dealkylation sites (N-methyl/N-ethyl adjacent to an activating group) is 1. The quantitative estimate of drug-likeness (QED) is 0.931. The molecule has 0 bridgehead atoms. The van der Waals surface area contributed by atoms with Crippen molar-refractivity contribution >= 4 is 17.3 Å². The van der Waals surface area contributed by atoms with Gasteiger partial charge in [0, 0.05) is 49.9 Å². The fraction of sp³-hybridized carbons (Fsp3) is 0.412. The number of nitrogens with zero attached hydrogens (tertiary/aromatic N) is 4. The van der Waals surface area contributed by atoms with Crippen molar-refractivity contribution in [3.8, 4) is 0 Å². The number of anilines is 2. The van der Waals surface area contributed by atoms with E-state index in [2.05, 4.69) is 40.3 Å². The van der Waals surface area contributed by atoms with Crippen LogP contribution in [0.4, 0.5) is 11.4 Å². The van der Waals surface area contributed by atoms with Crippen LogP contribution in [-0.4, -0.2) is 53.8 Å². The number of benzene rings is 1. The smallest absolute Gasteiger partial charge is 0.246 e. The van der Waals surface area contributed by atoms with Crippen LogP contribution in [-0.2, 0) is 11.3 Å². The topological polar surface area (TPSA) is 53.4 Å². The lowest BCUT2D eigenvalue weighted by Crippen LogP contribution is -2.44. The first-order chi connectivity index (χ1) is 11.1. The number of amides is 1. The Hall–Kier alpha value is -2.34. The van der Waals surface area contributed by atoms with E-state index in [-0.39, 0.29) is 12.5 Å². The van der Waals surface area contributed by atoms with Gasteiger partial charge in [-0.15, -0.1) is 0 Å². The molecule has 2 aromatic rings. The van der Waals surface area contributed by atoms with Crippen molar-refractivity contribution in [3.05, 3.63) is 42.2 Å². The summed E-state index contributed by atoms with van der Waals surface area (Å²) in [6.07, 6.45) is 3.45. The number of carbonyl (C=O) groups is 1. The second-order valence-corrected chi connectivity index (χ2v) is 6.04. The molecular weight excluding hydrogens is 290 g/mol. The first-order valence-electron chi connectivity index (χ1n) is 7.93. The van der Waals surface area contributed by atoms with Gasteiger partial charge in [-0.05, 0) is 43.8 Å². The second-order valence-electron chi connectivity index (χ2n) is 6.04. The van der Waals surface area contributed by atoms with Crippen LogP contribution >= 0.6 is 0 Å². The molecule has 0 spiro atoms. The lowest BCUT2D eigenvalue weighted by molar-refractivity contribution is -0.116. The number of piperazine rings is 1. The van der Waals surface area contributed by atoms with Gasteiger partial charge in [0.1, 0.15) is 6.54 Å². The Balaban J connectivity index is 1.63. The standard InChI is InChI=1S/C17H23N5O/c1-14-12-15(19-17(23)13-22-7-3-6-18-22)4-5-16(14)21-10-8-20(2)9-11-21/h3-7,12H,8-11,13H2,1-2H3,(H,19,23). The normalized spacial score (nSPS) is 15.7. The summed E-state index contributed by atoms with van der Waals surface area (Å²) in [6, 6.07) is 7.92. The number of hydrogen-bond acceptors (Lipinski definition) is 4. The third-order valence-corrected chi connectivity index (χ3v) is 4.19.